The minimum atomic E-state index is -0.324. The van der Waals surface area contributed by atoms with E-state index in [1.54, 1.807) is 31.4 Å². The van der Waals surface area contributed by atoms with Gasteiger partial charge in [-0.2, -0.15) is 0 Å². The summed E-state index contributed by atoms with van der Waals surface area (Å²) in [6.45, 7) is 0.603. The number of hydrogen-bond acceptors (Lipinski definition) is 4. The summed E-state index contributed by atoms with van der Waals surface area (Å²) in [7, 11) is 3.16. The molecule has 0 saturated heterocycles. The first-order valence-corrected chi connectivity index (χ1v) is 7.35. The molecule has 2 N–H and O–H groups in total. The lowest BCUT2D eigenvalue weighted by molar-refractivity contribution is -0.122. The highest BCUT2D eigenvalue weighted by Crippen LogP contribution is 2.27. The van der Waals surface area contributed by atoms with E-state index in [0.717, 1.165) is 12.8 Å². The van der Waals surface area contributed by atoms with Crippen LogP contribution >= 0.6 is 0 Å². The Labute approximate surface area is 130 Å². The number of rotatable bonds is 7. The zero-order valence-corrected chi connectivity index (χ0v) is 12.9. The minimum absolute atomic E-state index is 0.0485. The summed E-state index contributed by atoms with van der Waals surface area (Å²) >= 11 is 0. The van der Waals surface area contributed by atoms with Gasteiger partial charge in [0.25, 0.3) is 5.91 Å². The van der Waals surface area contributed by atoms with Gasteiger partial charge in [-0.1, -0.05) is 12.1 Å². The molecule has 6 heteroatoms. The van der Waals surface area contributed by atoms with Crippen LogP contribution in [-0.2, 0) is 9.53 Å². The summed E-state index contributed by atoms with van der Waals surface area (Å²) in [5.74, 6) is 0.349. The third-order valence-corrected chi connectivity index (χ3v) is 3.91. The second kappa shape index (κ2) is 7.79. The number of methoxy groups -OCH3 is 2. The minimum Gasteiger partial charge on any atom is -0.496 e. The van der Waals surface area contributed by atoms with E-state index in [1.807, 2.05) is 0 Å². The van der Waals surface area contributed by atoms with Crippen molar-refractivity contribution < 1.29 is 19.1 Å². The van der Waals surface area contributed by atoms with Gasteiger partial charge in [0.2, 0.25) is 5.91 Å². The predicted molar refractivity (Wildman–Crippen MR) is 81.9 cm³/mol. The summed E-state index contributed by atoms with van der Waals surface area (Å²) in [6.07, 6.45) is 2.02. The van der Waals surface area contributed by atoms with Crippen LogP contribution in [0.1, 0.15) is 23.2 Å². The molecule has 120 valence electrons. The standard InChI is InChI=1S/C16H22N2O4/c1-21-10-11-7-8-13(11)18-15(19)9-17-16(20)12-5-3-4-6-14(12)22-2/h3-6,11,13H,7-10H2,1-2H3,(H,17,20)(H,18,19)/t11-,13-/m1/s1. The van der Waals surface area contributed by atoms with Gasteiger partial charge in [0.1, 0.15) is 5.75 Å². The molecule has 1 aromatic rings. The van der Waals surface area contributed by atoms with E-state index in [9.17, 15) is 9.59 Å². The number of amides is 2. The van der Waals surface area contributed by atoms with Gasteiger partial charge in [-0.05, 0) is 25.0 Å². The Balaban J connectivity index is 1.80. The van der Waals surface area contributed by atoms with Crippen LogP contribution in [0, 0.1) is 5.92 Å². The van der Waals surface area contributed by atoms with Crippen LogP contribution in [0.4, 0.5) is 0 Å². The molecule has 0 aromatic heterocycles. The molecule has 0 aliphatic heterocycles. The van der Waals surface area contributed by atoms with Gasteiger partial charge < -0.3 is 20.1 Å². The zero-order chi connectivity index (χ0) is 15.9. The van der Waals surface area contributed by atoms with Gasteiger partial charge in [-0.3, -0.25) is 9.59 Å². The van der Waals surface area contributed by atoms with E-state index < -0.39 is 0 Å². The molecule has 0 unspecified atom stereocenters. The fourth-order valence-corrected chi connectivity index (χ4v) is 2.52. The number of carbonyl (C=O) groups is 2. The largest absolute Gasteiger partial charge is 0.496 e. The molecule has 2 atom stereocenters. The maximum Gasteiger partial charge on any atom is 0.255 e. The molecule has 1 aromatic carbocycles. The van der Waals surface area contributed by atoms with Crippen molar-refractivity contribution in [1.29, 1.82) is 0 Å². The monoisotopic (exact) mass is 306 g/mol. The van der Waals surface area contributed by atoms with E-state index in [0.29, 0.717) is 23.8 Å². The first kappa shape index (κ1) is 16.3. The third kappa shape index (κ3) is 3.98. The Bertz CT molecular complexity index is 533. The molecule has 1 fully saturated rings. The number of carbonyl (C=O) groups excluding carboxylic acids is 2. The fraction of sp³-hybridized carbons (Fsp3) is 0.500. The molecular formula is C16H22N2O4. The van der Waals surface area contributed by atoms with Crippen LogP contribution in [0.3, 0.4) is 0 Å². The Morgan fingerprint density at radius 2 is 2.00 bits per heavy atom. The van der Waals surface area contributed by atoms with E-state index >= 15 is 0 Å². The van der Waals surface area contributed by atoms with Crippen molar-refractivity contribution in [3.63, 3.8) is 0 Å². The molecule has 0 bridgehead atoms. The summed E-state index contributed by atoms with van der Waals surface area (Å²) in [6, 6.07) is 7.05. The normalized spacial score (nSPS) is 19.9. The SMILES string of the molecule is COC[C@H]1CC[C@H]1NC(=O)CNC(=O)c1ccccc1OC. The first-order valence-electron chi connectivity index (χ1n) is 7.35. The van der Waals surface area contributed by atoms with Gasteiger partial charge in [0.05, 0.1) is 25.8 Å². The van der Waals surface area contributed by atoms with Crippen LogP contribution in [0.25, 0.3) is 0 Å². The van der Waals surface area contributed by atoms with E-state index in [1.165, 1.54) is 7.11 Å². The second-order valence-electron chi connectivity index (χ2n) is 5.35. The third-order valence-electron chi connectivity index (χ3n) is 3.91. The maximum absolute atomic E-state index is 12.1. The van der Waals surface area contributed by atoms with Crippen molar-refractivity contribution in [3.8, 4) is 5.75 Å². The van der Waals surface area contributed by atoms with Crippen molar-refractivity contribution in [2.75, 3.05) is 27.4 Å². The Hall–Kier alpha value is -2.08. The van der Waals surface area contributed by atoms with Crippen LogP contribution in [0.15, 0.2) is 24.3 Å². The van der Waals surface area contributed by atoms with Crippen molar-refractivity contribution >= 4 is 11.8 Å². The summed E-state index contributed by atoms with van der Waals surface area (Å²) in [5.41, 5.74) is 0.415. The van der Waals surface area contributed by atoms with Gasteiger partial charge in [0, 0.05) is 19.1 Å². The lowest BCUT2D eigenvalue weighted by Crippen LogP contribution is -2.51. The highest BCUT2D eigenvalue weighted by Gasteiger charge is 2.31. The predicted octanol–water partition coefficient (Wildman–Crippen LogP) is 0.966. The van der Waals surface area contributed by atoms with Crippen LogP contribution in [0.2, 0.25) is 0 Å². The Morgan fingerprint density at radius 3 is 2.64 bits per heavy atom. The smallest absolute Gasteiger partial charge is 0.255 e. The Kier molecular flexibility index (Phi) is 5.77. The number of benzene rings is 1. The second-order valence-corrected chi connectivity index (χ2v) is 5.35. The van der Waals surface area contributed by atoms with E-state index in [2.05, 4.69) is 10.6 Å². The van der Waals surface area contributed by atoms with Gasteiger partial charge in [-0.25, -0.2) is 0 Å². The number of nitrogens with one attached hydrogen (secondary N) is 2. The maximum atomic E-state index is 12.1. The van der Waals surface area contributed by atoms with E-state index in [-0.39, 0.29) is 24.4 Å². The zero-order valence-electron chi connectivity index (χ0n) is 12.9. The highest BCUT2D eigenvalue weighted by molar-refractivity contribution is 5.98. The summed E-state index contributed by atoms with van der Waals surface area (Å²) in [4.78, 5) is 24.0. The molecule has 22 heavy (non-hydrogen) atoms. The average Bonchev–Trinajstić information content (AvgIpc) is 2.54. The molecule has 0 spiro atoms. The molecule has 1 aliphatic carbocycles. The topological polar surface area (TPSA) is 76.7 Å². The molecule has 6 nitrogen and oxygen atoms in total. The van der Waals surface area contributed by atoms with Crippen LogP contribution in [-0.4, -0.2) is 45.2 Å². The van der Waals surface area contributed by atoms with Gasteiger partial charge in [-0.15, -0.1) is 0 Å². The molecule has 0 radical (unpaired) electrons. The quantitative estimate of drug-likeness (QED) is 0.787. The van der Waals surface area contributed by atoms with Crippen molar-refractivity contribution in [3.05, 3.63) is 29.8 Å². The van der Waals surface area contributed by atoms with E-state index in [4.69, 9.17) is 9.47 Å². The van der Waals surface area contributed by atoms with Gasteiger partial charge in [0.15, 0.2) is 0 Å². The van der Waals surface area contributed by atoms with Crippen molar-refractivity contribution in [1.82, 2.24) is 10.6 Å². The highest BCUT2D eigenvalue weighted by atomic mass is 16.5. The molecular weight excluding hydrogens is 284 g/mol. The molecule has 1 aliphatic rings. The van der Waals surface area contributed by atoms with Crippen LogP contribution < -0.4 is 15.4 Å². The number of hydrogen-bond donors (Lipinski definition) is 2. The molecule has 2 rings (SSSR count). The molecule has 1 saturated carbocycles. The first-order chi connectivity index (χ1) is 10.7. The fourth-order valence-electron chi connectivity index (χ4n) is 2.52. The number of para-hydroxylation sites is 1. The lowest BCUT2D eigenvalue weighted by atomic mass is 9.80. The van der Waals surface area contributed by atoms with Gasteiger partial charge >= 0.3 is 0 Å². The molecule has 0 heterocycles. The van der Waals surface area contributed by atoms with Crippen LogP contribution in [0.5, 0.6) is 5.75 Å². The lowest BCUT2D eigenvalue weighted by Gasteiger charge is -2.36. The molecule has 2 amide bonds. The number of ether oxygens (including phenoxy) is 2. The summed E-state index contributed by atoms with van der Waals surface area (Å²) in [5, 5.41) is 5.53. The van der Waals surface area contributed by atoms with Crippen molar-refractivity contribution in [2.45, 2.75) is 18.9 Å². The summed E-state index contributed by atoms with van der Waals surface area (Å²) < 4.78 is 10.2. The van der Waals surface area contributed by atoms with Crippen molar-refractivity contribution in [2.24, 2.45) is 5.92 Å². The Morgan fingerprint density at radius 1 is 1.23 bits per heavy atom. The average molecular weight is 306 g/mol.